The maximum absolute atomic E-state index is 13.0. The van der Waals surface area contributed by atoms with Crippen LogP contribution in [0.4, 0.5) is 0 Å². The van der Waals surface area contributed by atoms with E-state index in [1.807, 2.05) is 0 Å². The first-order valence-corrected chi connectivity index (χ1v) is 9.14. The molecule has 21 heavy (non-hydrogen) atoms. The minimum absolute atomic E-state index is 0.0174. The molecule has 3 fully saturated rings. The summed E-state index contributed by atoms with van der Waals surface area (Å²) in [4.78, 5) is 16.5. The van der Waals surface area contributed by atoms with Gasteiger partial charge in [-0.2, -0.15) is 0 Å². The summed E-state index contributed by atoms with van der Waals surface area (Å²) in [5.74, 6) is 2.30. The van der Waals surface area contributed by atoms with E-state index in [1.54, 1.807) is 11.3 Å². The average Bonchev–Trinajstić information content (AvgIpc) is 3.21. The van der Waals surface area contributed by atoms with E-state index >= 15 is 0 Å². The van der Waals surface area contributed by atoms with Crippen LogP contribution >= 0.6 is 11.3 Å². The Morgan fingerprint density at radius 1 is 1.33 bits per heavy atom. The van der Waals surface area contributed by atoms with Crippen LogP contribution < -0.4 is 5.32 Å². The lowest BCUT2D eigenvalue weighted by Gasteiger charge is -2.35. The van der Waals surface area contributed by atoms with Crippen molar-refractivity contribution in [3.05, 3.63) is 22.4 Å². The third-order valence-corrected chi connectivity index (χ3v) is 6.60. The van der Waals surface area contributed by atoms with E-state index in [0.717, 1.165) is 11.8 Å². The topological polar surface area (TPSA) is 32.3 Å². The zero-order valence-corrected chi connectivity index (χ0v) is 13.6. The number of amides is 1. The van der Waals surface area contributed by atoms with Crippen LogP contribution in [0, 0.1) is 17.8 Å². The molecule has 1 aromatic rings. The molecule has 1 saturated heterocycles. The second-order valence-corrected chi connectivity index (χ2v) is 8.27. The van der Waals surface area contributed by atoms with Crippen molar-refractivity contribution in [3.63, 3.8) is 0 Å². The molecule has 0 radical (unpaired) electrons. The van der Waals surface area contributed by atoms with Crippen LogP contribution in [0.2, 0.25) is 0 Å². The van der Waals surface area contributed by atoms with E-state index in [-0.39, 0.29) is 12.2 Å². The first-order chi connectivity index (χ1) is 10.1. The van der Waals surface area contributed by atoms with E-state index in [1.165, 1.54) is 30.6 Å². The number of nitrogens with one attached hydrogen (secondary N) is 1. The van der Waals surface area contributed by atoms with Crippen LogP contribution in [0.25, 0.3) is 0 Å². The summed E-state index contributed by atoms with van der Waals surface area (Å²) in [6.45, 7) is 4.29. The molecule has 2 aliphatic carbocycles. The number of carbonyl (C=O) groups excluding carboxylic acids is 1. The lowest BCUT2D eigenvalue weighted by Crippen LogP contribution is -2.43. The summed E-state index contributed by atoms with van der Waals surface area (Å²) in [5, 5.41) is 5.73. The van der Waals surface area contributed by atoms with Crippen LogP contribution in [-0.2, 0) is 4.79 Å². The van der Waals surface area contributed by atoms with Crippen molar-refractivity contribution < 1.29 is 4.79 Å². The molecule has 0 spiro atoms. The van der Waals surface area contributed by atoms with Gasteiger partial charge < -0.3 is 4.90 Å². The fourth-order valence-electron chi connectivity index (χ4n) is 4.66. The Bertz CT molecular complexity index is 527. The maximum Gasteiger partial charge on any atom is 0.241 e. The van der Waals surface area contributed by atoms with Gasteiger partial charge in [0.15, 0.2) is 0 Å². The molecule has 2 bridgehead atoms. The molecule has 5 atom stereocenters. The summed E-state index contributed by atoms with van der Waals surface area (Å²) in [7, 11) is 0. The molecule has 4 heteroatoms. The number of rotatable bonds is 3. The minimum Gasteiger partial charge on any atom is -0.317 e. The second kappa shape index (κ2) is 5.10. The van der Waals surface area contributed by atoms with Gasteiger partial charge in [0, 0.05) is 10.9 Å². The van der Waals surface area contributed by atoms with Gasteiger partial charge in [-0.05, 0) is 48.5 Å². The zero-order valence-electron chi connectivity index (χ0n) is 12.8. The molecule has 2 saturated carbocycles. The SMILES string of the molecule is CC(C)C1NC(c2cccs2)N(C2CC3CCC2C3)C1=O. The summed E-state index contributed by atoms with van der Waals surface area (Å²) in [5.41, 5.74) is 0. The molecule has 2 heterocycles. The Balaban J connectivity index is 1.66. The standard InChI is InChI=1S/C17H24N2OS/c1-10(2)15-17(20)19(13-9-11-5-6-12(13)8-11)16(18-15)14-4-3-7-21-14/h3-4,7,10-13,15-16,18H,5-6,8-9H2,1-2H3. The lowest BCUT2D eigenvalue weighted by atomic mass is 9.93. The van der Waals surface area contributed by atoms with Crippen molar-refractivity contribution in [2.24, 2.45) is 17.8 Å². The van der Waals surface area contributed by atoms with Gasteiger partial charge >= 0.3 is 0 Å². The third kappa shape index (κ3) is 2.15. The molecule has 3 aliphatic rings. The molecule has 1 aliphatic heterocycles. The summed E-state index contributed by atoms with van der Waals surface area (Å²) < 4.78 is 0. The first kappa shape index (κ1) is 13.8. The predicted molar refractivity (Wildman–Crippen MR) is 84.9 cm³/mol. The van der Waals surface area contributed by atoms with Crippen LogP contribution in [0.5, 0.6) is 0 Å². The highest BCUT2D eigenvalue weighted by molar-refractivity contribution is 7.10. The Morgan fingerprint density at radius 2 is 2.19 bits per heavy atom. The van der Waals surface area contributed by atoms with E-state index < -0.39 is 0 Å². The number of nitrogens with zero attached hydrogens (tertiary/aromatic N) is 1. The first-order valence-electron chi connectivity index (χ1n) is 8.26. The summed E-state index contributed by atoms with van der Waals surface area (Å²) in [6, 6.07) is 4.71. The molecule has 5 unspecified atom stereocenters. The largest absolute Gasteiger partial charge is 0.317 e. The Labute approximate surface area is 130 Å². The van der Waals surface area contributed by atoms with Gasteiger partial charge in [0.05, 0.1) is 6.04 Å². The van der Waals surface area contributed by atoms with Crippen LogP contribution in [0.3, 0.4) is 0 Å². The molecular weight excluding hydrogens is 280 g/mol. The van der Waals surface area contributed by atoms with Gasteiger partial charge in [-0.25, -0.2) is 0 Å². The third-order valence-electron chi connectivity index (χ3n) is 5.67. The van der Waals surface area contributed by atoms with Crippen LogP contribution in [0.15, 0.2) is 17.5 Å². The highest BCUT2D eigenvalue weighted by Gasteiger charge is 2.51. The van der Waals surface area contributed by atoms with Gasteiger partial charge in [-0.1, -0.05) is 26.3 Å². The molecule has 4 rings (SSSR count). The molecule has 0 aromatic carbocycles. The molecule has 3 nitrogen and oxygen atoms in total. The van der Waals surface area contributed by atoms with Gasteiger partial charge in [0.2, 0.25) is 5.91 Å². The van der Waals surface area contributed by atoms with Crippen LogP contribution in [-0.4, -0.2) is 22.9 Å². The van der Waals surface area contributed by atoms with Crippen molar-refractivity contribution in [1.29, 1.82) is 0 Å². The Hall–Kier alpha value is -0.870. The summed E-state index contributed by atoms with van der Waals surface area (Å²) >= 11 is 1.76. The normalized spacial score (nSPS) is 38.9. The number of carbonyl (C=O) groups is 1. The molecule has 114 valence electrons. The molecule has 1 amide bonds. The van der Waals surface area contributed by atoms with Crippen molar-refractivity contribution in [3.8, 4) is 0 Å². The average molecular weight is 304 g/mol. The van der Waals surface area contributed by atoms with E-state index in [9.17, 15) is 4.79 Å². The second-order valence-electron chi connectivity index (χ2n) is 7.29. The fourth-order valence-corrected chi connectivity index (χ4v) is 5.44. The predicted octanol–water partition coefficient (Wildman–Crippen LogP) is 3.39. The highest BCUT2D eigenvalue weighted by Crippen LogP contribution is 2.49. The lowest BCUT2D eigenvalue weighted by molar-refractivity contribution is -0.134. The quantitative estimate of drug-likeness (QED) is 0.928. The zero-order chi connectivity index (χ0) is 14.6. The highest BCUT2D eigenvalue weighted by atomic mass is 32.1. The smallest absolute Gasteiger partial charge is 0.241 e. The fraction of sp³-hybridized carbons (Fsp3) is 0.706. The van der Waals surface area contributed by atoms with E-state index in [0.29, 0.717) is 17.9 Å². The van der Waals surface area contributed by atoms with E-state index in [2.05, 4.69) is 41.6 Å². The van der Waals surface area contributed by atoms with Gasteiger partial charge in [-0.15, -0.1) is 11.3 Å². The van der Waals surface area contributed by atoms with Crippen molar-refractivity contribution >= 4 is 17.2 Å². The number of thiophene rings is 1. The Morgan fingerprint density at radius 3 is 2.76 bits per heavy atom. The van der Waals surface area contributed by atoms with Crippen molar-refractivity contribution in [1.82, 2.24) is 10.2 Å². The van der Waals surface area contributed by atoms with Crippen molar-refractivity contribution in [2.45, 2.75) is 57.8 Å². The summed E-state index contributed by atoms with van der Waals surface area (Å²) in [6.07, 6.45) is 5.38. The van der Waals surface area contributed by atoms with Crippen molar-refractivity contribution in [2.75, 3.05) is 0 Å². The van der Waals surface area contributed by atoms with Gasteiger partial charge in [0.25, 0.3) is 0 Å². The maximum atomic E-state index is 13.0. The number of fused-ring (bicyclic) bond motifs is 2. The molecular formula is C17H24N2OS. The minimum atomic E-state index is -0.0174. The monoisotopic (exact) mass is 304 g/mol. The number of hydrogen-bond donors (Lipinski definition) is 1. The molecule has 1 aromatic heterocycles. The van der Waals surface area contributed by atoms with Gasteiger partial charge in [0.1, 0.15) is 6.17 Å². The molecule has 1 N–H and O–H groups in total. The van der Waals surface area contributed by atoms with Gasteiger partial charge in [-0.3, -0.25) is 10.1 Å². The van der Waals surface area contributed by atoms with Crippen LogP contribution in [0.1, 0.15) is 50.6 Å². The Kier molecular flexibility index (Phi) is 3.34. The number of hydrogen-bond acceptors (Lipinski definition) is 3. The van der Waals surface area contributed by atoms with E-state index in [4.69, 9.17) is 0 Å².